The monoisotopic (exact) mass is 262 g/mol. The summed E-state index contributed by atoms with van der Waals surface area (Å²) in [4.78, 5) is 22.1. The quantitative estimate of drug-likeness (QED) is 0.597. The number of nitrogens with one attached hydrogen (secondary N) is 2. The summed E-state index contributed by atoms with van der Waals surface area (Å²) in [7, 11) is 1.40. The number of esters is 1. The van der Waals surface area contributed by atoms with Crippen molar-refractivity contribution in [3.63, 3.8) is 0 Å². The van der Waals surface area contributed by atoms with Gasteiger partial charge in [-0.25, -0.2) is 0 Å². The smallest absolute Gasteiger partial charge is 0.305 e. The van der Waals surface area contributed by atoms with Gasteiger partial charge in [0, 0.05) is 18.7 Å². The van der Waals surface area contributed by atoms with Crippen molar-refractivity contribution < 1.29 is 14.3 Å². The van der Waals surface area contributed by atoms with Gasteiger partial charge in [0.25, 0.3) is 0 Å². The number of carbonyl (C=O) groups is 2. The molecule has 0 unspecified atom stereocenters. The number of ether oxygens (including phenoxy) is 1. The number of hydrogen-bond acceptors (Lipinski definition) is 4. The maximum atomic E-state index is 11.2. The minimum absolute atomic E-state index is 0.0539. The van der Waals surface area contributed by atoms with Crippen LogP contribution in [0, 0.1) is 0 Å². The van der Waals surface area contributed by atoms with Gasteiger partial charge in [0.2, 0.25) is 5.91 Å². The van der Waals surface area contributed by atoms with E-state index >= 15 is 0 Å². The summed E-state index contributed by atoms with van der Waals surface area (Å²) in [5, 5.41) is 6.08. The van der Waals surface area contributed by atoms with Crippen LogP contribution in [0.15, 0.2) is 18.2 Å². The number of hydrogen-bond donors (Lipinski definition) is 2. The largest absolute Gasteiger partial charge is 0.469 e. The molecule has 1 aromatic rings. The van der Waals surface area contributed by atoms with Crippen molar-refractivity contribution in [1.82, 2.24) is 5.32 Å². The molecular weight excluding hydrogens is 244 g/mol. The Kier molecular flexibility index (Phi) is 4.52. The van der Waals surface area contributed by atoms with Crippen molar-refractivity contribution in [3.8, 4) is 0 Å². The van der Waals surface area contributed by atoms with Gasteiger partial charge < -0.3 is 15.4 Å². The minimum atomic E-state index is -0.177. The first-order chi connectivity index (χ1) is 9.19. The fourth-order valence-corrected chi connectivity index (χ4v) is 2.09. The number of methoxy groups -OCH3 is 1. The van der Waals surface area contributed by atoms with Gasteiger partial charge in [0.15, 0.2) is 0 Å². The van der Waals surface area contributed by atoms with E-state index in [4.69, 9.17) is 0 Å². The third-order valence-corrected chi connectivity index (χ3v) is 3.09. The summed E-state index contributed by atoms with van der Waals surface area (Å²) in [6.07, 6.45) is 1.66. The first kappa shape index (κ1) is 13.5. The van der Waals surface area contributed by atoms with Crippen molar-refractivity contribution in [1.29, 1.82) is 0 Å². The molecule has 1 heterocycles. The third-order valence-electron chi connectivity index (χ3n) is 3.09. The summed E-state index contributed by atoms with van der Waals surface area (Å²) in [6.45, 7) is 1.51. The Balaban J connectivity index is 1.74. The summed E-state index contributed by atoms with van der Waals surface area (Å²) < 4.78 is 4.57. The van der Waals surface area contributed by atoms with Gasteiger partial charge in [-0.05, 0) is 30.2 Å². The molecule has 5 nitrogen and oxygen atoms in total. The van der Waals surface area contributed by atoms with Gasteiger partial charge in [-0.15, -0.1) is 0 Å². The fraction of sp³-hybridized carbons (Fsp3) is 0.429. The molecule has 1 aromatic carbocycles. The summed E-state index contributed by atoms with van der Waals surface area (Å²) >= 11 is 0. The van der Waals surface area contributed by atoms with E-state index in [2.05, 4.69) is 15.4 Å². The molecule has 0 radical (unpaired) electrons. The van der Waals surface area contributed by atoms with Crippen LogP contribution in [-0.4, -0.2) is 25.5 Å². The Morgan fingerprint density at radius 2 is 2.32 bits per heavy atom. The van der Waals surface area contributed by atoms with E-state index in [1.807, 2.05) is 18.2 Å². The van der Waals surface area contributed by atoms with Crippen LogP contribution in [-0.2, 0) is 27.3 Å². The van der Waals surface area contributed by atoms with Crippen molar-refractivity contribution in [2.24, 2.45) is 0 Å². The zero-order valence-corrected chi connectivity index (χ0v) is 11.0. The van der Waals surface area contributed by atoms with Gasteiger partial charge in [-0.3, -0.25) is 9.59 Å². The summed E-state index contributed by atoms with van der Waals surface area (Å²) in [5.41, 5.74) is 3.12. The molecule has 0 aliphatic carbocycles. The van der Waals surface area contributed by atoms with Crippen LogP contribution in [0.5, 0.6) is 0 Å². The lowest BCUT2D eigenvalue weighted by molar-refractivity contribution is -0.140. The molecule has 0 saturated carbocycles. The lowest BCUT2D eigenvalue weighted by Gasteiger charge is -2.06. The molecule has 1 aliphatic rings. The molecule has 19 heavy (non-hydrogen) atoms. The highest BCUT2D eigenvalue weighted by molar-refractivity contribution is 5.99. The van der Waals surface area contributed by atoms with Gasteiger partial charge in [0.1, 0.15) is 0 Å². The Hall–Kier alpha value is -1.88. The first-order valence-corrected chi connectivity index (χ1v) is 6.38. The number of benzene rings is 1. The maximum Gasteiger partial charge on any atom is 0.305 e. The number of anilines is 1. The molecule has 102 valence electrons. The van der Waals surface area contributed by atoms with E-state index in [0.717, 1.165) is 36.3 Å². The van der Waals surface area contributed by atoms with Crippen LogP contribution in [0.3, 0.4) is 0 Å². The van der Waals surface area contributed by atoms with Gasteiger partial charge in [0.05, 0.1) is 13.5 Å². The van der Waals surface area contributed by atoms with Gasteiger partial charge >= 0.3 is 5.97 Å². The van der Waals surface area contributed by atoms with Crippen LogP contribution in [0.2, 0.25) is 0 Å². The number of carbonyl (C=O) groups excluding carboxylic acids is 2. The second-order valence-corrected chi connectivity index (χ2v) is 4.57. The standard InChI is InChI=1S/C14H18N2O3/c1-19-14(18)3-2-6-15-9-10-4-5-12-11(7-10)8-13(17)16-12/h4-5,7,15H,2-3,6,8-9H2,1H3,(H,16,17). The zero-order chi connectivity index (χ0) is 13.7. The second-order valence-electron chi connectivity index (χ2n) is 4.57. The molecule has 0 spiro atoms. The molecule has 5 heteroatoms. The normalized spacial score (nSPS) is 13.0. The van der Waals surface area contributed by atoms with Gasteiger partial charge in [-0.2, -0.15) is 0 Å². The molecular formula is C14H18N2O3. The average Bonchev–Trinajstić information content (AvgIpc) is 2.77. The number of amides is 1. The van der Waals surface area contributed by atoms with Crippen LogP contribution in [0.4, 0.5) is 5.69 Å². The molecule has 0 atom stereocenters. The van der Waals surface area contributed by atoms with Crippen molar-refractivity contribution >= 4 is 17.6 Å². The molecule has 2 rings (SSSR count). The zero-order valence-electron chi connectivity index (χ0n) is 11.0. The maximum absolute atomic E-state index is 11.2. The van der Waals surface area contributed by atoms with Crippen LogP contribution >= 0.6 is 0 Å². The van der Waals surface area contributed by atoms with Crippen LogP contribution in [0.1, 0.15) is 24.0 Å². The molecule has 2 N–H and O–H groups in total. The van der Waals surface area contributed by atoms with E-state index in [0.29, 0.717) is 12.8 Å². The summed E-state index contributed by atoms with van der Waals surface area (Å²) in [6, 6.07) is 5.98. The molecule has 1 amide bonds. The average molecular weight is 262 g/mol. The highest BCUT2D eigenvalue weighted by atomic mass is 16.5. The van der Waals surface area contributed by atoms with E-state index in [1.54, 1.807) is 0 Å². The van der Waals surface area contributed by atoms with Crippen molar-refractivity contribution in [2.45, 2.75) is 25.8 Å². The molecule has 0 fully saturated rings. The molecule has 0 saturated heterocycles. The van der Waals surface area contributed by atoms with Crippen molar-refractivity contribution in [3.05, 3.63) is 29.3 Å². The number of fused-ring (bicyclic) bond motifs is 1. The predicted molar refractivity (Wildman–Crippen MR) is 71.7 cm³/mol. The molecule has 1 aliphatic heterocycles. The Bertz CT molecular complexity index is 486. The first-order valence-electron chi connectivity index (χ1n) is 6.38. The SMILES string of the molecule is COC(=O)CCCNCc1ccc2c(c1)CC(=O)N2. The van der Waals surface area contributed by atoms with E-state index in [-0.39, 0.29) is 11.9 Å². The highest BCUT2D eigenvalue weighted by Gasteiger charge is 2.17. The predicted octanol–water partition coefficient (Wildman–Crippen LogP) is 1.22. The van der Waals surface area contributed by atoms with E-state index < -0.39 is 0 Å². The Morgan fingerprint density at radius 1 is 1.47 bits per heavy atom. The highest BCUT2D eigenvalue weighted by Crippen LogP contribution is 2.23. The topological polar surface area (TPSA) is 67.4 Å². The third kappa shape index (κ3) is 3.79. The van der Waals surface area contributed by atoms with Gasteiger partial charge in [-0.1, -0.05) is 12.1 Å². The van der Waals surface area contributed by atoms with Crippen molar-refractivity contribution in [2.75, 3.05) is 19.0 Å². The van der Waals surface area contributed by atoms with E-state index in [9.17, 15) is 9.59 Å². The van der Waals surface area contributed by atoms with Crippen LogP contribution < -0.4 is 10.6 Å². The van der Waals surface area contributed by atoms with Crippen LogP contribution in [0.25, 0.3) is 0 Å². The fourth-order valence-electron chi connectivity index (χ4n) is 2.09. The Labute approximate surface area is 112 Å². The second kappa shape index (κ2) is 6.33. The van der Waals surface area contributed by atoms with E-state index in [1.165, 1.54) is 7.11 Å². The number of rotatable bonds is 6. The Morgan fingerprint density at radius 3 is 3.11 bits per heavy atom. The lowest BCUT2D eigenvalue weighted by Crippen LogP contribution is -2.16. The molecule has 0 bridgehead atoms. The minimum Gasteiger partial charge on any atom is -0.469 e. The summed E-state index contributed by atoms with van der Waals surface area (Å²) in [5.74, 6) is -0.123. The molecule has 0 aromatic heterocycles. The lowest BCUT2D eigenvalue weighted by atomic mass is 10.1.